The number of thiazole rings is 1. The number of aromatic nitrogens is 2. The molecule has 0 saturated carbocycles. The summed E-state index contributed by atoms with van der Waals surface area (Å²) in [5, 5.41) is 3.56. The molecule has 0 aliphatic heterocycles. The lowest BCUT2D eigenvalue weighted by Crippen LogP contribution is -1.99. The molecule has 0 aliphatic carbocycles. The van der Waals surface area contributed by atoms with Crippen LogP contribution in [-0.4, -0.2) is 39.7 Å². The number of ether oxygens (including phenoxy) is 1. The maximum Gasteiger partial charge on any atom is 0.302 e. The fourth-order valence-corrected chi connectivity index (χ4v) is 6.87. The summed E-state index contributed by atoms with van der Waals surface area (Å²) >= 11 is 2.92. The Morgan fingerprint density at radius 1 is 1.04 bits per heavy atom. The van der Waals surface area contributed by atoms with E-state index in [9.17, 15) is 9.00 Å². The minimum absolute atomic E-state index is 0. The highest BCUT2D eigenvalue weighted by molar-refractivity contribution is 7.87. The largest absolute Gasteiger partial charge is 0.461 e. The van der Waals surface area contributed by atoms with Crippen LogP contribution in [0.1, 0.15) is 39.7 Å². The van der Waals surface area contributed by atoms with Crippen LogP contribution in [0, 0.1) is 0 Å². The van der Waals surface area contributed by atoms with Crippen molar-refractivity contribution in [2.75, 3.05) is 18.5 Å². The van der Waals surface area contributed by atoms with E-state index in [4.69, 9.17) is 15.5 Å². The number of aliphatic imine (C=N–C) groups is 1. The van der Waals surface area contributed by atoms with Gasteiger partial charge in [0.1, 0.15) is 26.3 Å². The van der Waals surface area contributed by atoms with E-state index in [2.05, 4.69) is 95.8 Å². The Morgan fingerprint density at radius 2 is 1.65 bits per heavy atom. The van der Waals surface area contributed by atoms with Gasteiger partial charge in [0.15, 0.2) is 0 Å². The molecule has 0 aliphatic rings. The minimum Gasteiger partial charge on any atom is -0.461 e. The van der Waals surface area contributed by atoms with Gasteiger partial charge in [-0.25, -0.2) is 9.97 Å². The van der Waals surface area contributed by atoms with Crippen LogP contribution in [-0.2, 0) is 26.9 Å². The molecule has 3 aromatic heterocycles. The van der Waals surface area contributed by atoms with E-state index in [0.717, 1.165) is 50.5 Å². The van der Waals surface area contributed by atoms with E-state index >= 15 is 0 Å². The number of carbonyl (C=O) groups excluding carboxylic acids is 1. The first kappa shape index (κ1) is 42.8. The molecular formula is C38H40N4O3S3. The molecule has 0 saturated heterocycles. The average molecular weight is 697 g/mol. The summed E-state index contributed by atoms with van der Waals surface area (Å²) in [4.78, 5) is 24.3. The number of benzene rings is 1. The lowest BCUT2D eigenvalue weighted by molar-refractivity contribution is -0.142. The summed E-state index contributed by atoms with van der Waals surface area (Å²) in [6.07, 6.45) is 3.62. The highest BCUT2D eigenvalue weighted by Gasteiger charge is 2.21. The number of anilines is 1. The fraction of sp³-hybridized carbons (Fsp3) is 0.211. The Kier molecular flexibility index (Phi) is 22.2. The third-order valence-corrected chi connectivity index (χ3v) is 9.18. The number of unbranched alkanes of at least 4 members (excludes halogenated alkanes) is 1. The van der Waals surface area contributed by atoms with Crippen LogP contribution in [0.3, 0.4) is 0 Å². The standard InChI is InChI=1S/C23H23N3O3S3.C7H4.C5H4.C2H5N.CH4/c1-3-4-11-32(28)23-20(24)19-17(16-7-5-15(6-8-16)13-29-14(2)27)12-18(26-22(19)31-23)21-25-9-10-30-21;1-3-5-7-6-4-2;1-3-5-4-2;1-3-2;/h5-10,12H,3-4,11,13,24H2,1-2H3;1-2H2;1-2H2;1H2,2H3;1H4. The molecule has 0 radical (unpaired) electrons. The zero-order chi connectivity index (χ0) is 35.0. The van der Waals surface area contributed by atoms with Gasteiger partial charge in [0.2, 0.25) is 0 Å². The van der Waals surface area contributed by atoms with Crippen LogP contribution in [0.4, 0.5) is 5.69 Å². The quantitative estimate of drug-likeness (QED) is 0.112. The second kappa shape index (κ2) is 24.9. The maximum absolute atomic E-state index is 12.9. The number of fused-ring (bicyclic) bond motifs is 1. The van der Waals surface area contributed by atoms with Crippen molar-refractivity contribution in [3.63, 3.8) is 0 Å². The van der Waals surface area contributed by atoms with Gasteiger partial charge in [-0.15, -0.1) is 22.7 Å². The van der Waals surface area contributed by atoms with Crippen molar-refractivity contribution in [3.05, 3.63) is 120 Å². The Balaban J connectivity index is 0.00000116. The summed E-state index contributed by atoms with van der Waals surface area (Å²) < 4.78 is 18.7. The molecule has 0 amide bonds. The van der Waals surface area contributed by atoms with Crippen LogP contribution < -0.4 is 5.73 Å². The Hall–Kier alpha value is -5.23. The lowest BCUT2D eigenvalue weighted by Gasteiger charge is -2.09. The minimum atomic E-state index is -1.15. The van der Waals surface area contributed by atoms with Crippen molar-refractivity contribution in [3.8, 4) is 21.8 Å². The normalized spacial score (nSPS) is 9.23. The van der Waals surface area contributed by atoms with Gasteiger partial charge < -0.3 is 15.5 Å². The van der Waals surface area contributed by atoms with Crippen LogP contribution in [0.5, 0.6) is 0 Å². The summed E-state index contributed by atoms with van der Waals surface area (Å²) in [5.41, 5.74) is 29.7. The van der Waals surface area contributed by atoms with E-state index in [1.54, 1.807) is 13.2 Å². The van der Waals surface area contributed by atoms with Crippen molar-refractivity contribution in [2.24, 2.45) is 4.99 Å². The van der Waals surface area contributed by atoms with Crippen LogP contribution >= 0.6 is 22.7 Å². The van der Waals surface area contributed by atoms with Gasteiger partial charge in [-0.05, 0) is 85.1 Å². The van der Waals surface area contributed by atoms with Gasteiger partial charge in [0.05, 0.1) is 16.5 Å². The van der Waals surface area contributed by atoms with Crippen LogP contribution in [0.25, 0.3) is 32.0 Å². The average Bonchev–Trinajstić information content (AvgIpc) is 3.73. The highest BCUT2D eigenvalue weighted by atomic mass is 32.2. The number of hydrogen-bond acceptors (Lipinski definition) is 9. The Labute approximate surface area is 294 Å². The summed E-state index contributed by atoms with van der Waals surface area (Å²) in [6.45, 7) is 19.7. The molecule has 48 heavy (non-hydrogen) atoms. The molecule has 0 spiro atoms. The van der Waals surface area contributed by atoms with E-state index in [1.807, 2.05) is 35.7 Å². The monoisotopic (exact) mass is 696 g/mol. The molecule has 7 nitrogen and oxygen atoms in total. The third-order valence-electron chi connectivity index (χ3n) is 5.39. The van der Waals surface area contributed by atoms with Gasteiger partial charge in [-0.2, -0.15) is 0 Å². The molecule has 2 N–H and O–H groups in total. The van der Waals surface area contributed by atoms with Crippen molar-refractivity contribution in [2.45, 2.75) is 44.9 Å². The molecule has 0 bridgehead atoms. The number of pyridine rings is 1. The number of nitrogen functional groups attached to an aromatic ring is 1. The SMILES string of the molecule is C.C=C=C=C=C.C=C=C=C=C=C=C.C=NC.CCCCS(=O)c1sc2nc(-c3nccs3)cc(-c3ccc(COC(C)=O)cc3)c2c1N. The predicted molar refractivity (Wildman–Crippen MR) is 205 cm³/mol. The molecule has 10 heteroatoms. The first-order chi connectivity index (χ1) is 22.7. The Morgan fingerprint density at radius 3 is 2.12 bits per heavy atom. The Bertz CT molecular complexity index is 1930. The molecule has 4 aromatic rings. The van der Waals surface area contributed by atoms with Crippen LogP contribution in [0.2, 0.25) is 0 Å². The molecule has 3 heterocycles. The molecule has 4 rings (SSSR count). The van der Waals surface area contributed by atoms with Gasteiger partial charge >= 0.3 is 5.97 Å². The number of carbonyl (C=O) groups is 1. The second-order valence-corrected chi connectivity index (χ2v) is 12.4. The molecule has 0 fully saturated rings. The second-order valence-electron chi connectivity index (χ2n) is 8.78. The number of hydrogen-bond donors (Lipinski definition) is 1. The van der Waals surface area contributed by atoms with E-state index in [-0.39, 0.29) is 20.0 Å². The van der Waals surface area contributed by atoms with Gasteiger partial charge in [0, 0.05) is 36.7 Å². The zero-order valence-electron chi connectivity index (χ0n) is 26.8. The van der Waals surface area contributed by atoms with Crippen molar-refractivity contribution >= 4 is 62.1 Å². The van der Waals surface area contributed by atoms with Crippen molar-refractivity contribution in [1.82, 2.24) is 9.97 Å². The summed E-state index contributed by atoms with van der Waals surface area (Å²) in [7, 11) is 0.485. The van der Waals surface area contributed by atoms with Crippen molar-refractivity contribution in [1.29, 1.82) is 0 Å². The van der Waals surface area contributed by atoms with Gasteiger partial charge in [0.25, 0.3) is 0 Å². The summed E-state index contributed by atoms with van der Waals surface area (Å²) in [6, 6.07) is 9.80. The molecule has 1 atom stereocenters. The maximum atomic E-state index is 12.9. The van der Waals surface area contributed by atoms with E-state index in [1.165, 1.54) is 29.6 Å². The third kappa shape index (κ3) is 14.5. The fourth-order valence-electron chi connectivity index (χ4n) is 3.47. The van der Waals surface area contributed by atoms with Crippen molar-refractivity contribution < 1.29 is 13.7 Å². The first-order valence-corrected chi connectivity index (χ1v) is 16.9. The van der Waals surface area contributed by atoms with Gasteiger partial charge in [-0.1, -0.05) is 68.0 Å². The molecule has 248 valence electrons. The number of esters is 1. The molecular weight excluding hydrogens is 657 g/mol. The molecule has 1 aromatic carbocycles. The smallest absolute Gasteiger partial charge is 0.302 e. The van der Waals surface area contributed by atoms with E-state index in [0.29, 0.717) is 15.6 Å². The number of nitrogens with zero attached hydrogens (tertiary/aromatic N) is 3. The number of nitrogens with two attached hydrogens (primary N) is 1. The van der Waals surface area contributed by atoms with Gasteiger partial charge in [-0.3, -0.25) is 9.00 Å². The highest BCUT2D eigenvalue weighted by Crippen LogP contribution is 2.43. The first-order valence-electron chi connectivity index (χ1n) is 13.9. The zero-order valence-corrected chi connectivity index (χ0v) is 29.2. The summed E-state index contributed by atoms with van der Waals surface area (Å²) in [5.74, 6) is 0.278. The van der Waals surface area contributed by atoms with E-state index < -0.39 is 10.8 Å². The lowest BCUT2D eigenvalue weighted by atomic mass is 10.0. The predicted octanol–water partition coefficient (Wildman–Crippen LogP) is 9.44. The topological polar surface area (TPSA) is 108 Å². The molecule has 1 unspecified atom stereocenters. The number of thiophene rings is 1. The number of rotatable bonds is 8. The van der Waals surface area contributed by atoms with Crippen LogP contribution in [0.15, 0.2) is 123 Å².